The van der Waals surface area contributed by atoms with Crippen LogP contribution in [0.3, 0.4) is 0 Å². The van der Waals surface area contributed by atoms with Crippen LogP contribution in [0, 0.1) is 0 Å². The third-order valence-electron chi connectivity index (χ3n) is 2.35. The second kappa shape index (κ2) is 6.03. The van der Waals surface area contributed by atoms with Gasteiger partial charge in [-0.3, -0.25) is 4.79 Å². The van der Waals surface area contributed by atoms with Gasteiger partial charge in [0, 0.05) is 11.7 Å². The molecule has 1 aromatic carbocycles. The minimum absolute atomic E-state index is 0.0454. The average Bonchev–Trinajstić information content (AvgIpc) is 2.27. The molecular formula is C12H19N3O3S. The topological polar surface area (TPSA) is 101 Å². The van der Waals surface area contributed by atoms with Crippen LogP contribution in [0.4, 0.5) is 5.69 Å². The Morgan fingerprint density at radius 2 is 1.68 bits per heavy atom. The molecule has 6 nitrogen and oxygen atoms in total. The van der Waals surface area contributed by atoms with Crippen LogP contribution in [-0.2, 0) is 14.8 Å². The van der Waals surface area contributed by atoms with Crippen molar-refractivity contribution in [2.45, 2.75) is 37.8 Å². The zero-order chi connectivity index (χ0) is 14.6. The maximum Gasteiger partial charge on any atom is 0.241 e. The molecule has 0 fully saturated rings. The van der Waals surface area contributed by atoms with Gasteiger partial charge in [0.15, 0.2) is 0 Å². The van der Waals surface area contributed by atoms with E-state index in [1.165, 1.54) is 31.2 Å². The first-order valence-corrected chi connectivity index (χ1v) is 7.39. The Morgan fingerprint density at radius 3 is 2.16 bits per heavy atom. The van der Waals surface area contributed by atoms with Crippen LogP contribution >= 0.6 is 0 Å². The molecule has 1 unspecified atom stereocenters. The summed E-state index contributed by atoms with van der Waals surface area (Å²) >= 11 is 0. The molecule has 106 valence electrons. The number of hydrogen-bond donors (Lipinski definition) is 3. The summed E-state index contributed by atoms with van der Waals surface area (Å²) in [6.45, 7) is 5.10. The van der Waals surface area contributed by atoms with Crippen molar-refractivity contribution < 1.29 is 13.2 Å². The van der Waals surface area contributed by atoms with Crippen molar-refractivity contribution in [2.24, 2.45) is 0 Å². The fourth-order valence-electron chi connectivity index (χ4n) is 1.41. The van der Waals surface area contributed by atoms with Crippen LogP contribution in [0.1, 0.15) is 20.8 Å². The monoisotopic (exact) mass is 285 g/mol. The summed E-state index contributed by atoms with van der Waals surface area (Å²) in [5.41, 5.74) is 5.97. The third kappa shape index (κ3) is 4.53. The maximum absolute atomic E-state index is 12.0. The van der Waals surface area contributed by atoms with E-state index >= 15 is 0 Å². The highest BCUT2D eigenvalue weighted by Gasteiger charge is 2.22. The first-order chi connectivity index (χ1) is 8.72. The molecule has 0 aliphatic carbocycles. The van der Waals surface area contributed by atoms with Crippen molar-refractivity contribution in [3.8, 4) is 0 Å². The number of rotatable bonds is 5. The molecule has 0 heterocycles. The quantitative estimate of drug-likeness (QED) is 0.684. The molecule has 0 bridgehead atoms. The van der Waals surface area contributed by atoms with Crippen LogP contribution in [0.2, 0.25) is 0 Å². The molecule has 0 aliphatic rings. The summed E-state index contributed by atoms with van der Waals surface area (Å²) in [7, 11) is -3.72. The Balaban J connectivity index is 2.80. The number of nitrogens with two attached hydrogens (primary N) is 1. The van der Waals surface area contributed by atoms with E-state index in [1.807, 2.05) is 0 Å². The summed E-state index contributed by atoms with van der Waals surface area (Å²) < 4.78 is 26.3. The second-order valence-corrected chi connectivity index (χ2v) is 6.29. The highest BCUT2D eigenvalue weighted by Crippen LogP contribution is 2.11. The van der Waals surface area contributed by atoms with Gasteiger partial charge in [0.2, 0.25) is 15.9 Å². The molecule has 1 aromatic rings. The van der Waals surface area contributed by atoms with Crippen molar-refractivity contribution in [1.82, 2.24) is 10.0 Å². The van der Waals surface area contributed by atoms with Gasteiger partial charge in [0.25, 0.3) is 0 Å². The summed E-state index contributed by atoms with van der Waals surface area (Å²) in [5, 5.41) is 2.64. The van der Waals surface area contributed by atoms with Crippen LogP contribution in [0.15, 0.2) is 29.2 Å². The number of nitrogens with one attached hydrogen (secondary N) is 2. The molecule has 4 N–H and O–H groups in total. The lowest BCUT2D eigenvalue weighted by Crippen LogP contribution is -2.46. The van der Waals surface area contributed by atoms with Crippen LogP contribution in [0.5, 0.6) is 0 Å². The molecule has 0 spiro atoms. The van der Waals surface area contributed by atoms with E-state index in [2.05, 4.69) is 10.0 Å². The highest BCUT2D eigenvalue weighted by molar-refractivity contribution is 7.89. The number of hydrogen-bond acceptors (Lipinski definition) is 4. The van der Waals surface area contributed by atoms with Crippen LogP contribution in [-0.4, -0.2) is 26.4 Å². The lowest BCUT2D eigenvalue weighted by Gasteiger charge is -2.16. The van der Waals surface area contributed by atoms with E-state index in [0.29, 0.717) is 5.69 Å². The van der Waals surface area contributed by atoms with Crippen molar-refractivity contribution in [2.75, 3.05) is 5.73 Å². The van der Waals surface area contributed by atoms with Gasteiger partial charge >= 0.3 is 0 Å². The maximum atomic E-state index is 12.0. The Morgan fingerprint density at radius 1 is 1.16 bits per heavy atom. The van der Waals surface area contributed by atoms with E-state index in [0.717, 1.165) is 0 Å². The molecule has 19 heavy (non-hydrogen) atoms. The highest BCUT2D eigenvalue weighted by atomic mass is 32.2. The number of carbonyl (C=O) groups excluding carboxylic acids is 1. The lowest BCUT2D eigenvalue weighted by atomic mass is 10.3. The second-order valence-electron chi connectivity index (χ2n) is 4.58. The van der Waals surface area contributed by atoms with Crippen molar-refractivity contribution in [3.63, 3.8) is 0 Å². The molecule has 1 amide bonds. The fraction of sp³-hybridized carbons (Fsp3) is 0.417. The summed E-state index contributed by atoms with van der Waals surface area (Å²) in [5.74, 6) is -0.367. The number of carbonyl (C=O) groups is 1. The first-order valence-electron chi connectivity index (χ1n) is 5.90. The smallest absolute Gasteiger partial charge is 0.241 e. The van der Waals surface area contributed by atoms with Gasteiger partial charge in [-0.05, 0) is 45.0 Å². The Bertz CT molecular complexity index is 538. The number of anilines is 1. The molecule has 7 heteroatoms. The number of nitrogen functional groups attached to an aromatic ring is 1. The summed E-state index contributed by atoms with van der Waals surface area (Å²) in [6.07, 6.45) is 0. The Kier molecular flexibility index (Phi) is 4.90. The van der Waals surface area contributed by atoms with E-state index in [-0.39, 0.29) is 16.8 Å². The van der Waals surface area contributed by atoms with Gasteiger partial charge in [-0.25, -0.2) is 8.42 Å². The zero-order valence-corrected chi connectivity index (χ0v) is 12.0. The summed E-state index contributed by atoms with van der Waals surface area (Å²) in [6, 6.07) is 4.89. The molecular weight excluding hydrogens is 266 g/mol. The van der Waals surface area contributed by atoms with Gasteiger partial charge in [-0.2, -0.15) is 4.72 Å². The molecule has 0 aromatic heterocycles. The molecule has 0 saturated carbocycles. The predicted octanol–water partition coefficient (Wildman–Crippen LogP) is 0.460. The largest absolute Gasteiger partial charge is 0.399 e. The molecule has 1 atom stereocenters. The lowest BCUT2D eigenvalue weighted by molar-refractivity contribution is -0.122. The minimum Gasteiger partial charge on any atom is -0.399 e. The zero-order valence-electron chi connectivity index (χ0n) is 11.2. The fourth-order valence-corrected chi connectivity index (χ4v) is 2.61. The van der Waals surface area contributed by atoms with E-state index in [4.69, 9.17) is 5.73 Å². The average molecular weight is 285 g/mol. The normalized spacial score (nSPS) is 13.3. The minimum atomic E-state index is -3.72. The van der Waals surface area contributed by atoms with Crippen LogP contribution < -0.4 is 15.8 Å². The Hall–Kier alpha value is -1.60. The van der Waals surface area contributed by atoms with Gasteiger partial charge in [-0.15, -0.1) is 0 Å². The Labute approximate surface area is 113 Å². The van der Waals surface area contributed by atoms with Crippen LogP contribution in [0.25, 0.3) is 0 Å². The van der Waals surface area contributed by atoms with Gasteiger partial charge in [0.05, 0.1) is 10.9 Å². The molecule has 1 rings (SSSR count). The van der Waals surface area contributed by atoms with Gasteiger partial charge in [-0.1, -0.05) is 0 Å². The van der Waals surface area contributed by atoms with Gasteiger partial charge < -0.3 is 11.1 Å². The third-order valence-corrected chi connectivity index (χ3v) is 3.90. The molecule has 0 saturated heterocycles. The van der Waals surface area contributed by atoms with E-state index in [9.17, 15) is 13.2 Å². The van der Waals surface area contributed by atoms with Crippen molar-refractivity contribution in [1.29, 1.82) is 0 Å². The molecule has 0 aliphatic heterocycles. The number of amides is 1. The number of sulfonamides is 1. The molecule has 0 radical (unpaired) electrons. The first kappa shape index (κ1) is 15.5. The van der Waals surface area contributed by atoms with E-state index in [1.54, 1.807) is 13.8 Å². The van der Waals surface area contributed by atoms with Crippen molar-refractivity contribution in [3.05, 3.63) is 24.3 Å². The van der Waals surface area contributed by atoms with Gasteiger partial charge in [0.1, 0.15) is 0 Å². The summed E-state index contributed by atoms with van der Waals surface area (Å²) in [4.78, 5) is 11.7. The standard InChI is InChI=1S/C12H19N3O3S/c1-8(2)14-12(16)9(3)15-19(17,18)11-6-4-10(13)5-7-11/h4-9,15H,13H2,1-3H3,(H,14,16). The number of benzene rings is 1. The predicted molar refractivity (Wildman–Crippen MR) is 73.9 cm³/mol. The van der Waals surface area contributed by atoms with Crippen molar-refractivity contribution >= 4 is 21.6 Å². The van der Waals surface area contributed by atoms with E-state index < -0.39 is 16.1 Å². The SMILES string of the molecule is CC(C)NC(=O)C(C)NS(=O)(=O)c1ccc(N)cc1.